The van der Waals surface area contributed by atoms with Crippen LogP contribution in [0.1, 0.15) is 11.1 Å². The van der Waals surface area contributed by atoms with E-state index in [1.165, 1.54) is 30.3 Å². The molecule has 9 N–H and O–H groups in total. The second-order valence-electron chi connectivity index (χ2n) is 9.31. The summed E-state index contributed by atoms with van der Waals surface area (Å²) in [5, 5.41) is 90.3. The standard InChI is InChI=1S/C26H32O13/c27-10-17-19(31)21(33)23(35)25(37-17)39-24-22(34)20(32)18(11-28)38-26(24)36-16-8-13(7-15(30)9-16)2-1-12-3-5-14(29)6-4-12/h1-9,17-35H,10-11H2/b2-1+/t17-,18-,19-,20-,21+,22+,23-,24-,25-,26+/m1/s1. The number of phenols is 2. The minimum Gasteiger partial charge on any atom is -0.508 e. The maximum atomic E-state index is 10.8. The predicted octanol–water partition coefficient (Wildman–Crippen LogP) is -1.73. The summed E-state index contributed by atoms with van der Waals surface area (Å²) < 4.78 is 22.4. The van der Waals surface area contributed by atoms with Gasteiger partial charge in [0.15, 0.2) is 12.4 Å². The van der Waals surface area contributed by atoms with Gasteiger partial charge in [-0.05, 0) is 35.4 Å². The van der Waals surface area contributed by atoms with Crippen LogP contribution in [0.2, 0.25) is 0 Å². The lowest BCUT2D eigenvalue weighted by molar-refractivity contribution is -0.357. The van der Waals surface area contributed by atoms with Crippen molar-refractivity contribution in [3.8, 4) is 17.2 Å². The Balaban J connectivity index is 1.57. The maximum absolute atomic E-state index is 10.8. The van der Waals surface area contributed by atoms with Gasteiger partial charge in [-0.15, -0.1) is 0 Å². The summed E-state index contributed by atoms with van der Waals surface area (Å²) in [5.74, 6) is -0.0194. The van der Waals surface area contributed by atoms with Crippen LogP contribution in [0.15, 0.2) is 42.5 Å². The van der Waals surface area contributed by atoms with Crippen molar-refractivity contribution in [2.24, 2.45) is 0 Å². The van der Waals surface area contributed by atoms with E-state index in [1.54, 1.807) is 24.3 Å². The molecule has 2 aromatic rings. The van der Waals surface area contributed by atoms with Gasteiger partial charge >= 0.3 is 0 Å². The smallest absolute Gasteiger partial charge is 0.229 e. The van der Waals surface area contributed by atoms with E-state index in [1.807, 2.05) is 0 Å². The highest BCUT2D eigenvalue weighted by Crippen LogP contribution is 2.32. The van der Waals surface area contributed by atoms with E-state index in [-0.39, 0.29) is 17.2 Å². The fourth-order valence-electron chi connectivity index (χ4n) is 4.31. The fourth-order valence-corrected chi connectivity index (χ4v) is 4.31. The van der Waals surface area contributed by atoms with Gasteiger partial charge in [0.2, 0.25) is 6.29 Å². The molecule has 2 heterocycles. The fraction of sp³-hybridized carbons (Fsp3) is 0.462. The van der Waals surface area contributed by atoms with E-state index >= 15 is 0 Å². The zero-order valence-electron chi connectivity index (χ0n) is 20.5. The van der Waals surface area contributed by atoms with Crippen molar-refractivity contribution in [3.63, 3.8) is 0 Å². The molecule has 0 bridgehead atoms. The summed E-state index contributed by atoms with van der Waals surface area (Å²) >= 11 is 0. The van der Waals surface area contributed by atoms with Gasteiger partial charge in [0.25, 0.3) is 0 Å². The maximum Gasteiger partial charge on any atom is 0.229 e. The monoisotopic (exact) mass is 552 g/mol. The van der Waals surface area contributed by atoms with Crippen molar-refractivity contribution in [3.05, 3.63) is 53.6 Å². The first kappa shape index (κ1) is 29.2. The van der Waals surface area contributed by atoms with Crippen LogP contribution in [0.4, 0.5) is 0 Å². The third kappa shape index (κ3) is 6.67. The largest absolute Gasteiger partial charge is 0.508 e. The van der Waals surface area contributed by atoms with Gasteiger partial charge in [0, 0.05) is 6.07 Å². The Morgan fingerprint density at radius 3 is 1.87 bits per heavy atom. The average molecular weight is 553 g/mol. The summed E-state index contributed by atoms with van der Waals surface area (Å²) in [4.78, 5) is 0. The quantitative estimate of drug-likeness (QED) is 0.167. The summed E-state index contributed by atoms with van der Waals surface area (Å²) in [5.41, 5.74) is 1.27. The Morgan fingerprint density at radius 2 is 1.23 bits per heavy atom. The molecular formula is C26H32O13. The van der Waals surface area contributed by atoms with Crippen molar-refractivity contribution < 1.29 is 64.9 Å². The first-order chi connectivity index (χ1) is 18.6. The molecule has 10 atom stereocenters. The van der Waals surface area contributed by atoms with Crippen molar-refractivity contribution in [1.29, 1.82) is 0 Å². The van der Waals surface area contributed by atoms with Gasteiger partial charge in [0.05, 0.1) is 13.2 Å². The van der Waals surface area contributed by atoms with Crippen LogP contribution >= 0.6 is 0 Å². The summed E-state index contributed by atoms with van der Waals surface area (Å²) in [6, 6.07) is 10.6. The Hall–Kier alpha value is -2.82. The molecule has 13 heteroatoms. The average Bonchev–Trinajstić information content (AvgIpc) is 2.92. The van der Waals surface area contributed by atoms with Crippen LogP contribution < -0.4 is 4.74 Å². The second kappa shape index (κ2) is 12.6. The zero-order valence-corrected chi connectivity index (χ0v) is 20.5. The van der Waals surface area contributed by atoms with Crippen LogP contribution in [0.3, 0.4) is 0 Å². The van der Waals surface area contributed by atoms with E-state index in [2.05, 4.69) is 0 Å². The van der Waals surface area contributed by atoms with E-state index in [4.69, 9.17) is 18.9 Å². The highest BCUT2D eigenvalue weighted by Gasteiger charge is 2.51. The first-order valence-corrected chi connectivity index (χ1v) is 12.2. The molecule has 214 valence electrons. The molecule has 0 spiro atoms. The second-order valence-corrected chi connectivity index (χ2v) is 9.31. The lowest BCUT2D eigenvalue weighted by Gasteiger charge is -2.45. The van der Waals surface area contributed by atoms with Crippen molar-refractivity contribution >= 4 is 12.2 Å². The van der Waals surface area contributed by atoms with Crippen LogP contribution in [-0.2, 0) is 14.2 Å². The van der Waals surface area contributed by atoms with E-state index < -0.39 is 74.6 Å². The highest BCUT2D eigenvalue weighted by molar-refractivity contribution is 5.71. The molecule has 0 radical (unpaired) electrons. The molecule has 4 rings (SSSR count). The number of phenolic OH excluding ortho intramolecular Hbond substituents is 2. The summed E-state index contributed by atoms with van der Waals surface area (Å²) in [6.45, 7) is -1.40. The van der Waals surface area contributed by atoms with Crippen LogP contribution in [0.25, 0.3) is 12.2 Å². The molecule has 0 saturated carbocycles. The SMILES string of the molecule is OC[C@H]1O[C@H](O[C@H]2[C@@H](Oc3cc(O)cc(/C=C/c4ccc(O)cc4)c3)O[C@H](CO)[C@@H](O)[C@@H]2O)[C@H](O)[C@@H](O)[C@@H]1O. The molecule has 2 aliphatic heterocycles. The number of aliphatic hydroxyl groups excluding tert-OH is 7. The van der Waals surface area contributed by atoms with E-state index in [9.17, 15) is 46.0 Å². The first-order valence-electron chi connectivity index (χ1n) is 12.2. The molecule has 13 nitrogen and oxygen atoms in total. The zero-order chi connectivity index (χ0) is 28.3. The Labute approximate surface area is 222 Å². The molecular weight excluding hydrogens is 520 g/mol. The Kier molecular flexibility index (Phi) is 9.40. The van der Waals surface area contributed by atoms with Crippen molar-refractivity contribution in [2.75, 3.05) is 13.2 Å². The Bertz CT molecular complexity index is 1110. The number of aliphatic hydroxyl groups is 7. The molecule has 0 aliphatic carbocycles. The minimum atomic E-state index is -1.80. The molecule has 39 heavy (non-hydrogen) atoms. The molecule has 0 amide bonds. The molecule has 0 unspecified atom stereocenters. The normalized spacial score (nSPS) is 35.3. The van der Waals surface area contributed by atoms with Crippen molar-refractivity contribution in [2.45, 2.75) is 61.4 Å². The minimum absolute atomic E-state index is 0.0491. The van der Waals surface area contributed by atoms with Crippen LogP contribution in [0.5, 0.6) is 17.2 Å². The number of aromatic hydroxyl groups is 2. The van der Waals surface area contributed by atoms with Gasteiger partial charge < -0.3 is 64.9 Å². The lowest BCUT2D eigenvalue weighted by atomic mass is 9.97. The topological polar surface area (TPSA) is 219 Å². The number of hydrogen-bond donors (Lipinski definition) is 9. The molecule has 2 saturated heterocycles. The van der Waals surface area contributed by atoms with Crippen molar-refractivity contribution in [1.82, 2.24) is 0 Å². The number of benzene rings is 2. The van der Waals surface area contributed by atoms with Gasteiger partial charge in [-0.3, -0.25) is 0 Å². The number of hydrogen-bond acceptors (Lipinski definition) is 13. The van der Waals surface area contributed by atoms with Crippen LogP contribution in [0, 0.1) is 0 Å². The summed E-state index contributed by atoms with van der Waals surface area (Å²) in [7, 11) is 0. The molecule has 2 fully saturated rings. The van der Waals surface area contributed by atoms with Gasteiger partial charge in [-0.2, -0.15) is 0 Å². The third-order valence-electron chi connectivity index (χ3n) is 6.49. The number of ether oxygens (including phenoxy) is 4. The molecule has 2 aliphatic rings. The van der Waals surface area contributed by atoms with Gasteiger partial charge in [0.1, 0.15) is 60.0 Å². The highest BCUT2D eigenvalue weighted by atomic mass is 16.8. The van der Waals surface area contributed by atoms with Gasteiger partial charge in [-0.1, -0.05) is 24.3 Å². The summed E-state index contributed by atoms with van der Waals surface area (Å²) in [6.07, 6.45) is -12.5. The van der Waals surface area contributed by atoms with E-state index in [0.717, 1.165) is 5.56 Å². The molecule has 2 aromatic carbocycles. The predicted molar refractivity (Wildman–Crippen MR) is 132 cm³/mol. The molecule has 0 aromatic heterocycles. The number of rotatable bonds is 8. The lowest BCUT2D eigenvalue weighted by Crippen LogP contribution is -2.65. The Morgan fingerprint density at radius 1 is 0.641 bits per heavy atom. The van der Waals surface area contributed by atoms with Gasteiger partial charge in [-0.25, -0.2) is 0 Å². The third-order valence-corrected chi connectivity index (χ3v) is 6.49. The van der Waals surface area contributed by atoms with Crippen LogP contribution in [-0.4, -0.2) is 121 Å². The van der Waals surface area contributed by atoms with E-state index in [0.29, 0.717) is 5.56 Å².